The number of hydrogen-bond donors (Lipinski definition) is 2. The zero-order valence-electron chi connectivity index (χ0n) is 9.84. The molecule has 0 aliphatic heterocycles. The molecule has 0 aliphatic carbocycles. The van der Waals surface area contributed by atoms with E-state index >= 15 is 0 Å². The third kappa shape index (κ3) is 2.51. The van der Waals surface area contributed by atoms with Crippen LogP contribution in [0.15, 0.2) is 18.2 Å². The van der Waals surface area contributed by atoms with Crippen LogP contribution < -0.4 is 5.32 Å². The number of anilines is 1. The molecule has 1 amide bonds. The molecule has 0 spiro atoms. The maximum atomic E-state index is 13.1. The van der Waals surface area contributed by atoms with E-state index in [0.29, 0.717) is 22.6 Å². The van der Waals surface area contributed by atoms with Gasteiger partial charge in [0.25, 0.3) is 5.91 Å². The molecule has 0 aliphatic rings. The molecule has 18 heavy (non-hydrogen) atoms. The van der Waals surface area contributed by atoms with Crippen molar-refractivity contribution in [2.45, 2.75) is 13.8 Å². The lowest BCUT2D eigenvalue weighted by molar-refractivity contribution is 0.102. The Morgan fingerprint density at radius 3 is 2.67 bits per heavy atom. The Hall–Kier alpha value is -1.88. The Kier molecular flexibility index (Phi) is 3.34. The number of benzene rings is 1. The largest absolute Gasteiger partial charge is 0.322 e. The summed E-state index contributed by atoms with van der Waals surface area (Å²) in [6.07, 6.45) is 0. The van der Waals surface area contributed by atoms with Crippen LogP contribution in [0.1, 0.15) is 21.7 Å². The van der Waals surface area contributed by atoms with Crippen LogP contribution in [-0.2, 0) is 0 Å². The second-order valence-electron chi connectivity index (χ2n) is 3.92. The van der Waals surface area contributed by atoms with Gasteiger partial charge >= 0.3 is 0 Å². The number of halogens is 2. The minimum atomic E-state index is -0.501. The lowest BCUT2D eigenvalue weighted by Crippen LogP contribution is -2.13. The van der Waals surface area contributed by atoms with E-state index < -0.39 is 5.82 Å². The molecule has 2 aromatic rings. The molecule has 0 atom stereocenters. The van der Waals surface area contributed by atoms with Gasteiger partial charge in [0.1, 0.15) is 5.82 Å². The molecular formula is C12H11ClFN3O. The number of hydrogen-bond acceptors (Lipinski definition) is 2. The molecule has 6 heteroatoms. The van der Waals surface area contributed by atoms with Gasteiger partial charge in [-0.25, -0.2) is 4.39 Å². The van der Waals surface area contributed by atoms with Crippen LogP contribution >= 0.6 is 11.6 Å². The zero-order chi connectivity index (χ0) is 13.3. The zero-order valence-corrected chi connectivity index (χ0v) is 10.6. The Bertz CT molecular complexity index is 570. The van der Waals surface area contributed by atoms with Crippen molar-refractivity contribution in [3.63, 3.8) is 0 Å². The number of H-pyrrole nitrogens is 1. The maximum Gasteiger partial charge on any atom is 0.259 e. The van der Waals surface area contributed by atoms with Crippen LogP contribution in [0.2, 0.25) is 5.02 Å². The average Bonchev–Trinajstić information content (AvgIpc) is 2.56. The summed E-state index contributed by atoms with van der Waals surface area (Å²) < 4.78 is 13.1. The molecule has 1 aromatic carbocycles. The summed E-state index contributed by atoms with van der Waals surface area (Å²) in [6, 6.07) is 3.85. The molecule has 2 N–H and O–H groups in total. The Balaban J connectivity index is 2.27. The molecule has 4 nitrogen and oxygen atoms in total. The number of nitrogens with one attached hydrogen (secondary N) is 2. The summed E-state index contributed by atoms with van der Waals surface area (Å²) in [5.74, 6) is -0.848. The molecule has 0 bridgehead atoms. The average molecular weight is 268 g/mol. The van der Waals surface area contributed by atoms with Crippen LogP contribution in [-0.4, -0.2) is 16.1 Å². The second-order valence-corrected chi connectivity index (χ2v) is 4.36. The Labute approximate surface area is 108 Å². The van der Waals surface area contributed by atoms with Gasteiger partial charge in [-0.15, -0.1) is 0 Å². The highest BCUT2D eigenvalue weighted by Gasteiger charge is 2.15. The lowest BCUT2D eigenvalue weighted by atomic mass is 10.2. The van der Waals surface area contributed by atoms with Crippen LogP contribution in [0.5, 0.6) is 0 Å². The van der Waals surface area contributed by atoms with Gasteiger partial charge in [-0.05, 0) is 32.0 Å². The quantitative estimate of drug-likeness (QED) is 0.878. The number of amides is 1. The number of nitrogens with zero attached hydrogens (tertiary/aromatic N) is 1. The van der Waals surface area contributed by atoms with E-state index in [9.17, 15) is 9.18 Å². The molecular weight excluding hydrogens is 257 g/mol. The summed E-state index contributed by atoms with van der Waals surface area (Å²) in [7, 11) is 0. The number of aromatic nitrogens is 2. The smallest absolute Gasteiger partial charge is 0.259 e. The number of carbonyl (C=O) groups is 1. The molecule has 1 aromatic heterocycles. The minimum Gasteiger partial charge on any atom is -0.322 e. The van der Waals surface area contributed by atoms with Gasteiger partial charge in [0, 0.05) is 16.4 Å². The Morgan fingerprint density at radius 1 is 1.39 bits per heavy atom. The highest BCUT2D eigenvalue weighted by molar-refractivity contribution is 6.31. The van der Waals surface area contributed by atoms with Gasteiger partial charge in [0.05, 0.1) is 11.3 Å². The molecule has 0 fully saturated rings. The summed E-state index contributed by atoms with van der Waals surface area (Å²) >= 11 is 5.71. The Morgan fingerprint density at radius 2 is 2.11 bits per heavy atom. The van der Waals surface area contributed by atoms with Crippen molar-refractivity contribution in [2.24, 2.45) is 0 Å². The summed E-state index contributed by atoms with van der Waals surface area (Å²) in [6.45, 7) is 3.46. The van der Waals surface area contributed by atoms with Gasteiger partial charge in [-0.2, -0.15) is 5.10 Å². The molecule has 0 radical (unpaired) electrons. The van der Waals surface area contributed by atoms with Gasteiger partial charge in [0.15, 0.2) is 0 Å². The first-order valence-electron chi connectivity index (χ1n) is 5.26. The highest BCUT2D eigenvalue weighted by atomic mass is 35.5. The maximum absolute atomic E-state index is 13.1. The first-order chi connectivity index (χ1) is 8.47. The van der Waals surface area contributed by atoms with Gasteiger partial charge < -0.3 is 5.32 Å². The molecule has 0 saturated heterocycles. The number of aromatic amines is 1. The van der Waals surface area contributed by atoms with E-state index in [1.54, 1.807) is 13.8 Å². The third-order valence-corrected chi connectivity index (χ3v) is 2.69. The number of carbonyl (C=O) groups excluding carboxylic acids is 1. The van der Waals surface area contributed by atoms with Crippen molar-refractivity contribution in [3.8, 4) is 0 Å². The van der Waals surface area contributed by atoms with Crippen LogP contribution in [0.3, 0.4) is 0 Å². The van der Waals surface area contributed by atoms with E-state index in [2.05, 4.69) is 15.5 Å². The normalized spacial score (nSPS) is 10.4. The first-order valence-corrected chi connectivity index (χ1v) is 5.64. The van der Waals surface area contributed by atoms with E-state index in [-0.39, 0.29) is 10.9 Å². The summed E-state index contributed by atoms with van der Waals surface area (Å²) in [5.41, 5.74) is 2.01. The number of aryl methyl sites for hydroxylation is 2. The van der Waals surface area contributed by atoms with Crippen molar-refractivity contribution in [1.29, 1.82) is 0 Å². The highest BCUT2D eigenvalue weighted by Crippen LogP contribution is 2.19. The van der Waals surface area contributed by atoms with Crippen molar-refractivity contribution in [2.75, 3.05) is 5.32 Å². The molecule has 0 unspecified atom stereocenters. The monoisotopic (exact) mass is 267 g/mol. The summed E-state index contributed by atoms with van der Waals surface area (Å²) in [5, 5.41) is 9.46. The van der Waals surface area contributed by atoms with E-state index in [4.69, 9.17) is 11.6 Å². The standard InChI is InChI=1S/C12H11ClFN3O/c1-6-11(7(2)17-16-6)12(18)15-10-4-8(13)3-9(14)5-10/h3-5H,1-2H3,(H,15,18)(H,16,17). The van der Waals surface area contributed by atoms with E-state index in [1.165, 1.54) is 18.2 Å². The van der Waals surface area contributed by atoms with Crippen molar-refractivity contribution >= 4 is 23.2 Å². The first kappa shape index (κ1) is 12.6. The SMILES string of the molecule is Cc1n[nH]c(C)c1C(=O)Nc1cc(F)cc(Cl)c1. The van der Waals surface area contributed by atoms with Crippen molar-refractivity contribution in [1.82, 2.24) is 10.2 Å². The molecule has 2 rings (SSSR count). The predicted octanol–water partition coefficient (Wildman–Crippen LogP) is 3.07. The van der Waals surface area contributed by atoms with Crippen LogP contribution in [0, 0.1) is 19.7 Å². The van der Waals surface area contributed by atoms with Crippen molar-refractivity contribution < 1.29 is 9.18 Å². The van der Waals surface area contributed by atoms with Crippen LogP contribution in [0.25, 0.3) is 0 Å². The topological polar surface area (TPSA) is 57.8 Å². The van der Waals surface area contributed by atoms with Crippen molar-refractivity contribution in [3.05, 3.63) is 46.0 Å². The number of rotatable bonds is 2. The molecule has 0 saturated carbocycles. The van der Waals surface area contributed by atoms with E-state index in [0.717, 1.165) is 0 Å². The lowest BCUT2D eigenvalue weighted by Gasteiger charge is -2.06. The van der Waals surface area contributed by atoms with E-state index in [1.807, 2.05) is 0 Å². The molecule has 94 valence electrons. The fourth-order valence-corrected chi connectivity index (χ4v) is 1.93. The summed E-state index contributed by atoms with van der Waals surface area (Å²) in [4.78, 5) is 12.0. The fourth-order valence-electron chi connectivity index (χ4n) is 1.71. The second kappa shape index (κ2) is 4.78. The van der Waals surface area contributed by atoms with Gasteiger partial charge in [-0.1, -0.05) is 11.6 Å². The fraction of sp³-hybridized carbons (Fsp3) is 0.167. The van der Waals surface area contributed by atoms with Gasteiger partial charge in [0.2, 0.25) is 0 Å². The third-order valence-electron chi connectivity index (χ3n) is 2.48. The van der Waals surface area contributed by atoms with Crippen LogP contribution in [0.4, 0.5) is 10.1 Å². The van der Waals surface area contributed by atoms with Gasteiger partial charge in [-0.3, -0.25) is 9.89 Å². The minimum absolute atomic E-state index is 0.228. The molecule has 1 heterocycles. The predicted molar refractivity (Wildman–Crippen MR) is 67.4 cm³/mol.